The molecule has 0 saturated heterocycles. The first kappa shape index (κ1) is 15.0. The number of hydrogen-bond acceptors (Lipinski definition) is 4. The minimum absolute atomic E-state index is 0.0314. The van der Waals surface area contributed by atoms with Crippen LogP contribution in [0.3, 0.4) is 0 Å². The predicted molar refractivity (Wildman–Crippen MR) is 65.5 cm³/mol. The summed E-state index contributed by atoms with van der Waals surface area (Å²) in [5.74, 6) is -7.10. The van der Waals surface area contributed by atoms with Crippen molar-refractivity contribution in [3.05, 3.63) is 56.7 Å². The van der Waals surface area contributed by atoms with Crippen molar-refractivity contribution < 1.29 is 22.5 Å². The summed E-state index contributed by atoms with van der Waals surface area (Å²) in [6.45, 7) is 0. The molecule has 1 heterocycles. The van der Waals surface area contributed by atoms with E-state index in [1.54, 1.807) is 0 Å². The molecule has 1 N–H and O–H groups in total. The highest BCUT2D eigenvalue weighted by Crippen LogP contribution is 2.29. The maximum absolute atomic E-state index is 13.4. The molecular weight excluding hydrogens is 318 g/mol. The van der Waals surface area contributed by atoms with Crippen LogP contribution in [0.15, 0.2) is 18.2 Å². The van der Waals surface area contributed by atoms with E-state index in [0.29, 0.717) is 0 Å². The van der Waals surface area contributed by atoms with E-state index in [4.69, 9.17) is 11.6 Å². The van der Waals surface area contributed by atoms with Crippen molar-refractivity contribution in [3.63, 3.8) is 0 Å². The summed E-state index contributed by atoms with van der Waals surface area (Å²) in [6, 6.07) is 1.73. The number of aromatic nitrogens is 1. The molecule has 5 nitrogen and oxygen atoms in total. The molecule has 0 bridgehead atoms. The van der Waals surface area contributed by atoms with E-state index in [0.717, 1.165) is 12.1 Å². The van der Waals surface area contributed by atoms with Gasteiger partial charge in [0, 0.05) is 6.07 Å². The summed E-state index contributed by atoms with van der Waals surface area (Å²) >= 11 is 5.51. The molecule has 0 aliphatic heterocycles. The molecule has 1 aromatic heterocycles. The molecule has 21 heavy (non-hydrogen) atoms. The van der Waals surface area contributed by atoms with Crippen molar-refractivity contribution in [2.75, 3.05) is 5.32 Å². The zero-order valence-electron chi connectivity index (χ0n) is 9.83. The molecule has 0 saturated carbocycles. The molecule has 110 valence electrons. The second kappa shape index (κ2) is 5.52. The average Bonchev–Trinajstić information content (AvgIpc) is 2.41. The summed E-state index contributed by atoms with van der Waals surface area (Å²) in [5, 5.41) is 12.2. The van der Waals surface area contributed by atoms with Crippen LogP contribution < -0.4 is 5.32 Å². The molecule has 0 amide bonds. The number of hydrogen-bond donors (Lipinski definition) is 1. The topological polar surface area (TPSA) is 68.1 Å². The Morgan fingerprint density at radius 3 is 2.19 bits per heavy atom. The summed E-state index contributed by atoms with van der Waals surface area (Å²) in [6.07, 6.45) is 0. The quantitative estimate of drug-likeness (QED) is 0.306. The molecular formula is C11H4ClF4N3O2. The van der Waals surface area contributed by atoms with Gasteiger partial charge in [0.05, 0.1) is 17.1 Å². The van der Waals surface area contributed by atoms with Gasteiger partial charge in [-0.05, 0) is 0 Å². The molecule has 0 atom stereocenters. The summed E-state index contributed by atoms with van der Waals surface area (Å²) in [5.41, 5.74) is -1.69. The minimum Gasteiger partial charge on any atom is -0.335 e. The Kier molecular flexibility index (Phi) is 3.94. The van der Waals surface area contributed by atoms with Crippen LogP contribution in [-0.4, -0.2) is 9.91 Å². The molecule has 0 aliphatic carbocycles. The van der Waals surface area contributed by atoms with Gasteiger partial charge < -0.3 is 5.32 Å². The zero-order chi connectivity index (χ0) is 15.7. The molecule has 0 fully saturated rings. The lowest BCUT2D eigenvalue weighted by Gasteiger charge is -2.09. The Hall–Kier alpha value is -2.42. The fraction of sp³-hybridized carbons (Fsp3) is 0. The Labute approximate surface area is 119 Å². The van der Waals surface area contributed by atoms with Gasteiger partial charge in [0.2, 0.25) is 0 Å². The third-order valence-electron chi connectivity index (χ3n) is 2.35. The van der Waals surface area contributed by atoms with Gasteiger partial charge in [-0.25, -0.2) is 22.5 Å². The van der Waals surface area contributed by atoms with Gasteiger partial charge in [-0.1, -0.05) is 11.6 Å². The van der Waals surface area contributed by atoms with Crippen LogP contribution >= 0.6 is 11.6 Å². The Morgan fingerprint density at radius 2 is 1.67 bits per heavy atom. The SMILES string of the molecule is O=[N+]([O-])c1cc(Cl)nc(Nc2c(F)c(F)cc(F)c2F)c1. The summed E-state index contributed by atoms with van der Waals surface area (Å²) in [4.78, 5) is 13.3. The van der Waals surface area contributed by atoms with Crippen LogP contribution in [0.4, 0.5) is 34.8 Å². The largest absolute Gasteiger partial charge is 0.335 e. The van der Waals surface area contributed by atoms with Gasteiger partial charge in [0.15, 0.2) is 23.3 Å². The van der Waals surface area contributed by atoms with Crippen LogP contribution in [-0.2, 0) is 0 Å². The van der Waals surface area contributed by atoms with Crippen molar-refractivity contribution in [3.8, 4) is 0 Å². The number of benzene rings is 1. The van der Waals surface area contributed by atoms with Crippen LogP contribution in [0.25, 0.3) is 0 Å². The second-order valence-corrected chi connectivity index (χ2v) is 4.15. The minimum atomic E-state index is -1.70. The van der Waals surface area contributed by atoms with Gasteiger partial charge in [-0.3, -0.25) is 10.1 Å². The monoisotopic (exact) mass is 321 g/mol. The van der Waals surface area contributed by atoms with E-state index in [1.807, 2.05) is 5.32 Å². The van der Waals surface area contributed by atoms with E-state index >= 15 is 0 Å². The number of rotatable bonds is 3. The lowest BCUT2D eigenvalue weighted by atomic mass is 10.2. The number of halogens is 5. The standard InChI is InChI=1S/C11H4ClF4N3O2/c12-7-1-4(19(20)21)2-8(17-7)18-11-9(15)5(13)3-6(14)10(11)16/h1-3H,(H,17,18). The molecule has 0 aliphatic rings. The number of nitrogens with one attached hydrogen (secondary N) is 1. The Balaban J connectivity index is 2.50. The van der Waals surface area contributed by atoms with Crippen LogP contribution in [0.5, 0.6) is 0 Å². The Bertz CT molecular complexity index is 716. The summed E-state index contributed by atoms with van der Waals surface area (Å²) < 4.78 is 53.0. The normalized spacial score (nSPS) is 10.5. The van der Waals surface area contributed by atoms with E-state index in [1.165, 1.54) is 0 Å². The Morgan fingerprint density at radius 1 is 1.10 bits per heavy atom. The average molecular weight is 322 g/mol. The molecule has 1 aromatic carbocycles. The van der Waals surface area contributed by atoms with Crippen LogP contribution in [0, 0.1) is 33.4 Å². The number of anilines is 2. The van der Waals surface area contributed by atoms with E-state index < -0.39 is 45.4 Å². The van der Waals surface area contributed by atoms with Crippen LogP contribution in [0.1, 0.15) is 0 Å². The fourth-order valence-electron chi connectivity index (χ4n) is 1.46. The predicted octanol–water partition coefficient (Wildman–Crippen LogP) is 3.94. The molecule has 2 aromatic rings. The third kappa shape index (κ3) is 3.02. The smallest absolute Gasteiger partial charge is 0.276 e. The third-order valence-corrected chi connectivity index (χ3v) is 2.55. The first-order valence-electron chi connectivity index (χ1n) is 5.21. The molecule has 0 spiro atoms. The highest BCUT2D eigenvalue weighted by molar-refractivity contribution is 6.29. The summed E-state index contributed by atoms with van der Waals surface area (Å²) in [7, 11) is 0. The molecule has 2 rings (SSSR count). The lowest BCUT2D eigenvalue weighted by molar-refractivity contribution is -0.384. The van der Waals surface area contributed by atoms with E-state index in [9.17, 15) is 27.7 Å². The highest BCUT2D eigenvalue weighted by atomic mass is 35.5. The van der Waals surface area contributed by atoms with Crippen molar-refractivity contribution in [2.24, 2.45) is 0 Å². The van der Waals surface area contributed by atoms with Crippen molar-refractivity contribution in [1.29, 1.82) is 0 Å². The zero-order valence-corrected chi connectivity index (χ0v) is 10.6. The van der Waals surface area contributed by atoms with Crippen molar-refractivity contribution in [2.45, 2.75) is 0 Å². The lowest BCUT2D eigenvalue weighted by Crippen LogP contribution is -2.04. The van der Waals surface area contributed by atoms with E-state index in [-0.39, 0.29) is 11.2 Å². The fourth-order valence-corrected chi connectivity index (χ4v) is 1.67. The number of nitrogens with zero attached hydrogens (tertiary/aromatic N) is 2. The molecule has 10 heteroatoms. The van der Waals surface area contributed by atoms with Crippen molar-refractivity contribution in [1.82, 2.24) is 4.98 Å². The highest BCUT2D eigenvalue weighted by Gasteiger charge is 2.20. The maximum atomic E-state index is 13.4. The molecule has 0 radical (unpaired) electrons. The van der Waals surface area contributed by atoms with Gasteiger partial charge >= 0.3 is 0 Å². The van der Waals surface area contributed by atoms with Crippen molar-refractivity contribution >= 4 is 28.8 Å². The van der Waals surface area contributed by atoms with Gasteiger partial charge in [-0.15, -0.1) is 0 Å². The van der Waals surface area contributed by atoms with E-state index in [2.05, 4.69) is 4.98 Å². The van der Waals surface area contributed by atoms with Gasteiger partial charge in [0.1, 0.15) is 16.7 Å². The maximum Gasteiger partial charge on any atom is 0.276 e. The first-order valence-corrected chi connectivity index (χ1v) is 5.59. The first-order chi connectivity index (χ1) is 9.79. The van der Waals surface area contributed by atoms with Crippen LogP contribution in [0.2, 0.25) is 5.15 Å². The number of pyridine rings is 1. The van der Waals surface area contributed by atoms with Gasteiger partial charge in [0.25, 0.3) is 5.69 Å². The molecule has 0 unspecified atom stereocenters. The second-order valence-electron chi connectivity index (χ2n) is 3.76. The van der Waals surface area contributed by atoms with Gasteiger partial charge in [-0.2, -0.15) is 0 Å². The number of nitro groups is 1.